The van der Waals surface area contributed by atoms with Crippen molar-refractivity contribution in [3.05, 3.63) is 44.8 Å². The van der Waals surface area contributed by atoms with Gasteiger partial charge in [0.25, 0.3) is 0 Å². The molecule has 2 aromatic heterocycles. The summed E-state index contributed by atoms with van der Waals surface area (Å²) in [6.45, 7) is 3.27. The highest BCUT2D eigenvalue weighted by Crippen LogP contribution is 2.33. The average molecular weight is 293 g/mol. The van der Waals surface area contributed by atoms with Crippen LogP contribution in [0.3, 0.4) is 0 Å². The summed E-state index contributed by atoms with van der Waals surface area (Å²) in [5.74, 6) is 0.429. The lowest BCUT2D eigenvalue weighted by Gasteiger charge is -2.33. The number of thiophene rings is 2. The molecule has 0 radical (unpaired) electrons. The van der Waals surface area contributed by atoms with Crippen LogP contribution in [0.4, 0.5) is 0 Å². The molecule has 0 saturated carbocycles. The molecular formula is C15H19NOS2. The molecule has 1 aliphatic rings. The minimum absolute atomic E-state index is 0.260. The third-order valence-electron chi connectivity index (χ3n) is 3.87. The van der Waals surface area contributed by atoms with Crippen molar-refractivity contribution in [3.8, 4) is 0 Å². The lowest BCUT2D eigenvalue weighted by Crippen LogP contribution is -2.34. The van der Waals surface area contributed by atoms with E-state index in [1.807, 2.05) is 28.8 Å². The number of piperidine rings is 1. The molecule has 0 aromatic carbocycles. The first kappa shape index (κ1) is 13.3. The number of aliphatic hydroxyl groups excluding tert-OH is 1. The van der Waals surface area contributed by atoms with E-state index in [1.165, 1.54) is 4.88 Å². The van der Waals surface area contributed by atoms with Crippen molar-refractivity contribution in [2.45, 2.75) is 25.5 Å². The molecule has 102 valence electrons. The van der Waals surface area contributed by atoms with Crippen molar-refractivity contribution in [1.29, 1.82) is 0 Å². The summed E-state index contributed by atoms with van der Waals surface area (Å²) >= 11 is 3.50. The summed E-state index contributed by atoms with van der Waals surface area (Å²) in [5, 5.41) is 14.6. The van der Waals surface area contributed by atoms with E-state index in [0.717, 1.165) is 37.4 Å². The topological polar surface area (TPSA) is 23.5 Å². The van der Waals surface area contributed by atoms with E-state index in [9.17, 15) is 5.11 Å². The molecular weight excluding hydrogens is 274 g/mol. The van der Waals surface area contributed by atoms with Crippen molar-refractivity contribution in [2.24, 2.45) is 5.92 Å². The van der Waals surface area contributed by atoms with Gasteiger partial charge >= 0.3 is 0 Å². The molecule has 0 spiro atoms. The summed E-state index contributed by atoms with van der Waals surface area (Å²) in [6, 6.07) is 8.40. The lowest BCUT2D eigenvalue weighted by molar-refractivity contribution is 0.0594. The molecule has 0 aliphatic carbocycles. The number of likely N-dealkylation sites (tertiary alicyclic amines) is 1. The molecule has 4 heteroatoms. The van der Waals surface area contributed by atoms with Gasteiger partial charge < -0.3 is 5.11 Å². The molecule has 2 aromatic rings. The zero-order valence-corrected chi connectivity index (χ0v) is 12.5. The van der Waals surface area contributed by atoms with Gasteiger partial charge in [0.15, 0.2) is 0 Å². The zero-order chi connectivity index (χ0) is 13.1. The van der Waals surface area contributed by atoms with Crippen LogP contribution < -0.4 is 0 Å². The predicted octanol–water partition coefficient (Wildman–Crippen LogP) is 3.76. The maximum Gasteiger partial charge on any atom is 0.0910 e. The zero-order valence-electron chi connectivity index (χ0n) is 10.9. The van der Waals surface area contributed by atoms with E-state index in [2.05, 4.69) is 22.4 Å². The first-order chi connectivity index (χ1) is 9.33. The predicted molar refractivity (Wildman–Crippen MR) is 81.6 cm³/mol. The molecule has 2 nitrogen and oxygen atoms in total. The van der Waals surface area contributed by atoms with Crippen molar-refractivity contribution in [3.63, 3.8) is 0 Å². The van der Waals surface area contributed by atoms with E-state index in [0.29, 0.717) is 5.92 Å². The third-order valence-corrected chi connectivity index (χ3v) is 5.68. The minimum atomic E-state index is -0.260. The molecule has 1 saturated heterocycles. The first-order valence-corrected chi connectivity index (χ1v) is 8.55. The molecule has 0 amide bonds. The Kier molecular flexibility index (Phi) is 4.33. The van der Waals surface area contributed by atoms with Gasteiger partial charge in [-0.1, -0.05) is 12.1 Å². The normalized spacial score (nSPS) is 19.6. The SMILES string of the molecule is OC(c1cccs1)C1CCN(Cc2cccs2)CC1. The standard InChI is InChI=1S/C15H19NOS2/c17-15(14-4-2-10-19-14)12-5-7-16(8-6-12)11-13-3-1-9-18-13/h1-4,9-10,12,15,17H,5-8,11H2. The Balaban J connectivity index is 1.52. The summed E-state index contributed by atoms with van der Waals surface area (Å²) in [6.07, 6.45) is 1.94. The number of rotatable bonds is 4. The van der Waals surface area contributed by atoms with Gasteiger partial charge in [0.2, 0.25) is 0 Å². The first-order valence-electron chi connectivity index (χ1n) is 6.79. The fourth-order valence-electron chi connectivity index (χ4n) is 2.74. The molecule has 1 N–H and O–H groups in total. The highest BCUT2D eigenvalue weighted by atomic mass is 32.1. The Morgan fingerprint density at radius 3 is 2.53 bits per heavy atom. The fraction of sp³-hybridized carbons (Fsp3) is 0.467. The highest BCUT2D eigenvalue weighted by Gasteiger charge is 2.26. The highest BCUT2D eigenvalue weighted by molar-refractivity contribution is 7.10. The summed E-state index contributed by atoms with van der Waals surface area (Å²) in [5.41, 5.74) is 0. The van der Waals surface area contributed by atoms with Crippen LogP contribution in [-0.2, 0) is 6.54 Å². The number of nitrogens with zero attached hydrogens (tertiary/aromatic N) is 1. The summed E-state index contributed by atoms with van der Waals surface area (Å²) in [7, 11) is 0. The molecule has 0 bridgehead atoms. The van der Waals surface area contributed by atoms with Crippen LogP contribution in [0, 0.1) is 5.92 Å². The minimum Gasteiger partial charge on any atom is -0.387 e. The monoisotopic (exact) mass is 293 g/mol. The van der Waals surface area contributed by atoms with E-state index in [4.69, 9.17) is 0 Å². The van der Waals surface area contributed by atoms with Crippen LogP contribution in [0.2, 0.25) is 0 Å². The van der Waals surface area contributed by atoms with Crippen LogP contribution in [0.15, 0.2) is 35.0 Å². The second-order valence-electron chi connectivity index (χ2n) is 5.15. The van der Waals surface area contributed by atoms with Gasteiger partial charge in [-0.25, -0.2) is 0 Å². The Morgan fingerprint density at radius 2 is 1.89 bits per heavy atom. The number of aliphatic hydroxyl groups is 1. The van der Waals surface area contributed by atoms with E-state index >= 15 is 0 Å². The second-order valence-corrected chi connectivity index (χ2v) is 7.16. The van der Waals surface area contributed by atoms with Gasteiger partial charge in [-0.2, -0.15) is 0 Å². The smallest absolute Gasteiger partial charge is 0.0910 e. The second kappa shape index (κ2) is 6.18. The molecule has 1 unspecified atom stereocenters. The van der Waals surface area contributed by atoms with Gasteiger partial charge in [-0.3, -0.25) is 4.90 Å². The maximum absolute atomic E-state index is 10.4. The van der Waals surface area contributed by atoms with Crippen molar-refractivity contribution < 1.29 is 5.11 Å². The molecule has 1 aliphatic heterocycles. The average Bonchev–Trinajstić information content (AvgIpc) is 3.12. The fourth-order valence-corrected chi connectivity index (χ4v) is 4.29. The quantitative estimate of drug-likeness (QED) is 0.928. The van der Waals surface area contributed by atoms with Crippen LogP contribution in [0.5, 0.6) is 0 Å². The Labute approximate surface area is 122 Å². The van der Waals surface area contributed by atoms with Crippen LogP contribution >= 0.6 is 22.7 Å². The van der Waals surface area contributed by atoms with Gasteiger partial charge in [-0.15, -0.1) is 22.7 Å². The molecule has 3 rings (SSSR count). The van der Waals surface area contributed by atoms with Crippen LogP contribution in [0.1, 0.15) is 28.7 Å². The third kappa shape index (κ3) is 3.26. The number of hydrogen-bond donors (Lipinski definition) is 1. The Hall–Kier alpha value is -0.680. The van der Waals surface area contributed by atoms with E-state index < -0.39 is 0 Å². The molecule has 19 heavy (non-hydrogen) atoms. The lowest BCUT2D eigenvalue weighted by atomic mass is 9.90. The van der Waals surface area contributed by atoms with Crippen LogP contribution in [-0.4, -0.2) is 23.1 Å². The van der Waals surface area contributed by atoms with Crippen molar-refractivity contribution >= 4 is 22.7 Å². The van der Waals surface area contributed by atoms with Gasteiger partial charge in [0.1, 0.15) is 0 Å². The van der Waals surface area contributed by atoms with Crippen LogP contribution in [0.25, 0.3) is 0 Å². The molecule has 1 atom stereocenters. The summed E-state index contributed by atoms with van der Waals surface area (Å²) in [4.78, 5) is 5.07. The number of hydrogen-bond acceptors (Lipinski definition) is 4. The molecule has 3 heterocycles. The van der Waals surface area contributed by atoms with Gasteiger partial charge in [0, 0.05) is 16.3 Å². The van der Waals surface area contributed by atoms with Gasteiger partial charge in [0.05, 0.1) is 6.10 Å². The molecule has 1 fully saturated rings. The van der Waals surface area contributed by atoms with E-state index in [-0.39, 0.29) is 6.10 Å². The van der Waals surface area contributed by atoms with Crippen molar-refractivity contribution in [1.82, 2.24) is 4.90 Å². The maximum atomic E-state index is 10.4. The van der Waals surface area contributed by atoms with E-state index in [1.54, 1.807) is 11.3 Å². The Morgan fingerprint density at radius 1 is 1.16 bits per heavy atom. The van der Waals surface area contributed by atoms with Gasteiger partial charge in [-0.05, 0) is 54.7 Å². The van der Waals surface area contributed by atoms with Crippen molar-refractivity contribution in [2.75, 3.05) is 13.1 Å². The Bertz CT molecular complexity index is 472. The summed E-state index contributed by atoms with van der Waals surface area (Å²) < 4.78 is 0. The largest absolute Gasteiger partial charge is 0.387 e.